The van der Waals surface area contributed by atoms with Crippen LogP contribution in [0.1, 0.15) is 50.0 Å². The molecule has 4 aromatic rings. The van der Waals surface area contributed by atoms with E-state index in [2.05, 4.69) is 6.07 Å². The molecular formula is C26H27N2O+. The van der Waals surface area contributed by atoms with Gasteiger partial charge in [0.15, 0.2) is 5.69 Å². The average molecular weight is 390 g/mol. The largest absolute Gasteiger partial charge is 0.455 e. The summed E-state index contributed by atoms with van der Waals surface area (Å²) < 4.78 is 59.1. The smallest absolute Gasteiger partial charge is 0.216 e. The highest BCUT2D eigenvalue weighted by Gasteiger charge is 2.25. The van der Waals surface area contributed by atoms with Gasteiger partial charge in [-0.2, -0.15) is 9.83 Å². The van der Waals surface area contributed by atoms with Gasteiger partial charge in [0.05, 0.1) is 18.6 Å². The predicted octanol–water partition coefficient (Wildman–Crippen LogP) is 6.07. The fraction of sp³-hybridized carbons (Fsp3) is 0.308. The molecular weight excluding hydrogens is 356 g/mol. The minimum Gasteiger partial charge on any atom is -0.455 e. The second-order valence-electron chi connectivity index (χ2n) is 7.69. The maximum atomic E-state index is 9.64. The lowest BCUT2D eigenvalue weighted by atomic mass is 9.93. The van der Waals surface area contributed by atoms with E-state index in [-0.39, 0.29) is 17.2 Å². The van der Waals surface area contributed by atoms with Crippen LogP contribution in [0.2, 0.25) is 0 Å². The highest BCUT2D eigenvalue weighted by molar-refractivity contribution is 6.11. The molecule has 0 atom stereocenters. The van der Waals surface area contributed by atoms with Crippen LogP contribution in [0, 0.1) is 37.9 Å². The van der Waals surface area contributed by atoms with Crippen LogP contribution in [0.4, 0.5) is 0 Å². The third-order valence-electron chi connectivity index (χ3n) is 5.36. The Labute approximate surface area is 180 Å². The number of hydrogen-bond donors (Lipinski definition) is 0. The molecule has 2 aromatic heterocycles. The van der Waals surface area contributed by atoms with E-state index in [0.717, 1.165) is 5.56 Å². The van der Waals surface area contributed by atoms with E-state index in [1.165, 1.54) is 0 Å². The quantitative estimate of drug-likeness (QED) is 0.399. The van der Waals surface area contributed by atoms with Crippen molar-refractivity contribution in [3.05, 3.63) is 64.3 Å². The van der Waals surface area contributed by atoms with Crippen molar-refractivity contribution in [1.29, 1.82) is 5.26 Å². The first-order valence-corrected chi connectivity index (χ1v) is 9.62. The van der Waals surface area contributed by atoms with Crippen LogP contribution in [-0.2, 0) is 13.4 Å². The Morgan fingerprint density at radius 1 is 1.28 bits per heavy atom. The number of furan rings is 1. The number of aryl methyl sites for hydroxylation is 1. The molecule has 146 valence electrons. The van der Waals surface area contributed by atoms with E-state index in [4.69, 9.17) is 11.3 Å². The average Bonchev–Trinajstić information content (AvgIpc) is 3.15. The van der Waals surface area contributed by atoms with Crippen molar-refractivity contribution in [1.82, 2.24) is 0 Å². The first kappa shape index (κ1) is 13.2. The Morgan fingerprint density at radius 2 is 2.07 bits per heavy atom. The molecule has 0 bridgehead atoms. The van der Waals surface area contributed by atoms with E-state index >= 15 is 0 Å². The normalized spacial score (nSPS) is 15.5. The summed E-state index contributed by atoms with van der Waals surface area (Å²) in [5.74, 6) is -0.561. The van der Waals surface area contributed by atoms with Crippen molar-refractivity contribution < 1.29 is 17.2 Å². The Balaban J connectivity index is 2.24. The van der Waals surface area contributed by atoms with Crippen molar-refractivity contribution in [2.75, 3.05) is 0 Å². The molecule has 0 unspecified atom stereocenters. The van der Waals surface area contributed by atoms with E-state index in [0.29, 0.717) is 44.5 Å². The molecule has 3 heteroatoms. The molecule has 3 nitrogen and oxygen atoms in total. The topological polar surface area (TPSA) is 40.8 Å². The first-order valence-electron chi connectivity index (χ1n) is 12.6. The number of benzene rings is 2. The molecule has 0 fully saturated rings. The van der Waals surface area contributed by atoms with Crippen LogP contribution in [0.5, 0.6) is 0 Å². The number of fused-ring (bicyclic) bond motifs is 3. The second-order valence-corrected chi connectivity index (χ2v) is 7.69. The Hall–Kier alpha value is -3.12. The van der Waals surface area contributed by atoms with E-state index in [1.54, 1.807) is 50.6 Å². The molecule has 0 aliphatic rings. The fourth-order valence-electron chi connectivity index (χ4n) is 3.78. The fourth-order valence-corrected chi connectivity index (χ4v) is 3.78. The highest BCUT2D eigenvalue weighted by atomic mass is 16.3. The van der Waals surface area contributed by atoms with Gasteiger partial charge in [-0.05, 0) is 49.3 Å². The zero-order valence-corrected chi connectivity index (χ0v) is 17.3. The lowest BCUT2D eigenvalue weighted by Crippen LogP contribution is -2.36. The van der Waals surface area contributed by atoms with Gasteiger partial charge in [0, 0.05) is 36.2 Å². The molecule has 0 aliphatic carbocycles. The van der Waals surface area contributed by atoms with Gasteiger partial charge < -0.3 is 4.42 Å². The molecule has 0 N–H and O–H groups in total. The number of pyridine rings is 1. The molecule has 2 heterocycles. The maximum absolute atomic E-state index is 9.64. The lowest BCUT2D eigenvalue weighted by molar-refractivity contribution is -0.667. The number of nitrogens with zero attached hydrogens (tertiary/aromatic N) is 2. The molecule has 0 saturated heterocycles. The van der Waals surface area contributed by atoms with E-state index in [1.807, 2.05) is 19.1 Å². The van der Waals surface area contributed by atoms with Gasteiger partial charge in [-0.25, -0.2) is 0 Å². The van der Waals surface area contributed by atoms with Gasteiger partial charge in [0.2, 0.25) is 5.69 Å². The zero-order valence-electron chi connectivity index (χ0n) is 23.3. The van der Waals surface area contributed by atoms with Crippen molar-refractivity contribution in [2.24, 2.45) is 13.0 Å². The van der Waals surface area contributed by atoms with Crippen molar-refractivity contribution in [2.45, 2.75) is 40.9 Å². The summed E-state index contributed by atoms with van der Waals surface area (Å²) in [6.45, 7) is 4.28. The van der Waals surface area contributed by atoms with E-state index in [9.17, 15) is 6.63 Å². The second kappa shape index (κ2) is 7.04. The van der Waals surface area contributed by atoms with Crippen molar-refractivity contribution in [3.63, 3.8) is 0 Å². The van der Waals surface area contributed by atoms with Crippen molar-refractivity contribution >= 4 is 21.9 Å². The number of hydrogen-bond acceptors (Lipinski definition) is 2. The zero-order chi connectivity index (χ0) is 26.0. The van der Waals surface area contributed by atoms with Crippen LogP contribution >= 0.6 is 0 Å². The van der Waals surface area contributed by atoms with Gasteiger partial charge in [0.1, 0.15) is 18.2 Å². The third kappa shape index (κ3) is 3.00. The molecule has 0 spiro atoms. The van der Waals surface area contributed by atoms with Crippen LogP contribution in [0.3, 0.4) is 0 Å². The summed E-state index contributed by atoms with van der Waals surface area (Å²) in [5, 5.41) is 11.0. The molecule has 29 heavy (non-hydrogen) atoms. The molecule has 0 aliphatic heterocycles. The molecule has 0 saturated carbocycles. The van der Waals surface area contributed by atoms with Crippen LogP contribution in [0.15, 0.2) is 40.8 Å². The monoisotopic (exact) mass is 389 g/mol. The molecule has 0 amide bonds. The summed E-state index contributed by atoms with van der Waals surface area (Å²) in [5.41, 5.74) is 3.33. The summed E-state index contributed by atoms with van der Waals surface area (Å²) in [4.78, 5) is 0. The Morgan fingerprint density at radius 3 is 2.76 bits per heavy atom. The molecule has 2 aromatic carbocycles. The summed E-state index contributed by atoms with van der Waals surface area (Å²) >= 11 is 0. The summed E-state index contributed by atoms with van der Waals surface area (Å²) in [6, 6.07) is 11.0. The van der Waals surface area contributed by atoms with Gasteiger partial charge in [-0.15, -0.1) is 0 Å². The molecule has 4 rings (SSSR count). The lowest BCUT2D eigenvalue weighted by Gasteiger charge is -2.14. The van der Waals surface area contributed by atoms with Crippen LogP contribution < -0.4 is 4.57 Å². The number of nitriles is 1. The standard InChI is InChI=1S/C26H27N2O/c1-15(2)12-20-13-22(28(6)18(5)17(20)4)24-16(3)10-11-21-25-19(14-27)8-7-9-23(25)29-26(21)24/h7-11,13,15H,12H2,1-6H3/q+1/i4D3,12D2,13D. The highest BCUT2D eigenvalue weighted by Crippen LogP contribution is 2.38. The number of aromatic nitrogens is 1. The van der Waals surface area contributed by atoms with Gasteiger partial charge in [-0.1, -0.05) is 32.0 Å². The summed E-state index contributed by atoms with van der Waals surface area (Å²) in [6.07, 6.45) is -2.06. The Kier molecular flexibility index (Phi) is 3.20. The summed E-state index contributed by atoms with van der Waals surface area (Å²) in [7, 11) is 1.69. The predicted molar refractivity (Wildman–Crippen MR) is 118 cm³/mol. The minimum atomic E-state index is -2.60. The SMILES string of the molecule is [2H]c1c(C([2H])([2H])C(C)C)c(C([2H])([2H])[2H])c(C)[n+](C)c1-c1c(C)ccc2c1oc1cccc(C#N)c12. The Bertz CT molecular complexity index is 1540. The van der Waals surface area contributed by atoms with Gasteiger partial charge >= 0.3 is 0 Å². The van der Waals surface area contributed by atoms with Crippen LogP contribution in [0.25, 0.3) is 33.2 Å². The van der Waals surface area contributed by atoms with Crippen LogP contribution in [-0.4, -0.2) is 0 Å². The maximum Gasteiger partial charge on any atom is 0.216 e. The third-order valence-corrected chi connectivity index (χ3v) is 5.36. The van der Waals surface area contributed by atoms with E-state index < -0.39 is 19.1 Å². The molecule has 0 radical (unpaired) electrons. The minimum absolute atomic E-state index is 0.122. The van der Waals surface area contributed by atoms with Gasteiger partial charge in [0.25, 0.3) is 0 Å². The number of rotatable bonds is 3. The first-order chi connectivity index (χ1) is 16.2. The van der Waals surface area contributed by atoms with Gasteiger partial charge in [-0.3, -0.25) is 0 Å². The van der Waals surface area contributed by atoms with Crippen molar-refractivity contribution in [3.8, 4) is 17.3 Å².